The number of rotatable bonds is 5. The first-order chi connectivity index (χ1) is 8.65. The zero-order valence-electron chi connectivity index (χ0n) is 11.4. The normalized spacial score (nSPS) is 12.2. The molecule has 0 heterocycles. The van der Waals surface area contributed by atoms with Crippen LogP contribution in [0.25, 0.3) is 0 Å². The van der Waals surface area contributed by atoms with Gasteiger partial charge < -0.3 is 0 Å². The molecule has 1 N–H and O–H groups in total. The third-order valence-electron chi connectivity index (χ3n) is 2.43. The Labute approximate surface area is 113 Å². The highest BCUT2D eigenvalue weighted by molar-refractivity contribution is 7.89. The molecule has 19 heavy (non-hydrogen) atoms. The summed E-state index contributed by atoms with van der Waals surface area (Å²) in [6, 6.07) is 2.96. The lowest BCUT2D eigenvalue weighted by Gasteiger charge is -2.11. The van der Waals surface area contributed by atoms with Gasteiger partial charge in [-0.1, -0.05) is 13.8 Å². The number of hydrogen-bond acceptors (Lipinski definition) is 3. The van der Waals surface area contributed by atoms with E-state index in [0.717, 1.165) is 18.2 Å². The van der Waals surface area contributed by atoms with E-state index in [9.17, 15) is 17.6 Å². The monoisotopic (exact) mass is 287 g/mol. The molecule has 0 bridgehead atoms. The van der Waals surface area contributed by atoms with E-state index in [1.807, 2.05) is 0 Å². The minimum absolute atomic E-state index is 0.105. The first-order valence-corrected chi connectivity index (χ1v) is 7.49. The number of benzene rings is 1. The Balaban J connectivity index is 3.27. The largest absolute Gasteiger partial charge is 0.294 e. The molecule has 0 radical (unpaired) electrons. The summed E-state index contributed by atoms with van der Waals surface area (Å²) in [5.41, 5.74) is -0.193. The van der Waals surface area contributed by atoms with Gasteiger partial charge >= 0.3 is 0 Å². The standard InChI is InChI=1S/C13H18FNO3S/c1-8(2)13(16)11-7-10(5-6-12(11)14)19(17,18)15-9(3)4/h5-9,15H,1-4H3. The maximum Gasteiger partial charge on any atom is 0.240 e. The Hall–Kier alpha value is -1.27. The summed E-state index contributed by atoms with van der Waals surface area (Å²) in [6.07, 6.45) is 0. The van der Waals surface area contributed by atoms with Gasteiger partial charge in [0.05, 0.1) is 10.5 Å². The molecule has 0 aromatic heterocycles. The van der Waals surface area contributed by atoms with Gasteiger partial charge in [0, 0.05) is 12.0 Å². The molecule has 0 atom stereocenters. The van der Waals surface area contributed by atoms with E-state index in [-0.39, 0.29) is 16.5 Å². The highest BCUT2D eigenvalue weighted by Crippen LogP contribution is 2.18. The van der Waals surface area contributed by atoms with Gasteiger partial charge in [-0.25, -0.2) is 17.5 Å². The average molecular weight is 287 g/mol. The van der Waals surface area contributed by atoms with Crippen molar-refractivity contribution >= 4 is 15.8 Å². The fraction of sp³-hybridized carbons (Fsp3) is 0.462. The molecule has 0 amide bonds. The van der Waals surface area contributed by atoms with E-state index in [0.29, 0.717) is 0 Å². The van der Waals surface area contributed by atoms with Crippen molar-refractivity contribution in [2.45, 2.75) is 38.6 Å². The Kier molecular flexibility index (Phi) is 4.81. The summed E-state index contributed by atoms with van der Waals surface area (Å²) in [4.78, 5) is 11.7. The highest BCUT2D eigenvalue weighted by Gasteiger charge is 2.21. The summed E-state index contributed by atoms with van der Waals surface area (Å²) < 4.78 is 39.9. The molecule has 0 aliphatic rings. The number of halogens is 1. The second-order valence-corrected chi connectivity index (χ2v) is 6.65. The molecule has 106 valence electrons. The molecule has 0 saturated heterocycles. The molecule has 0 unspecified atom stereocenters. The van der Waals surface area contributed by atoms with E-state index in [1.165, 1.54) is 0 Å². The van der Waals surface area contributed by atoms with Crippen molar-refractivity contribution in [3.8, 4) is 0 Å². The van der Waals surface area contributed by atoms with Crippen molar-refractivity contribution in [2.24, 2.45) is 5.92 Å². The summed E-state index contributed by atoms with van der Waals surface area (Å²) in [5.74, 6) is -1.52. The Bertz CT molecular complexity index is 580. The number of nitrogens with one attached hydrogen (secondary N) is 1. The van der Waals surface area contributed by atoms with Crippen molar-refractivity contribution in [3.63, 3.8) is 0 Å². The van der Waals surface area contributed by atoms with Gasteiger partial charge in [-0.05, 0) is 32.0 Å². The van der Waals surface area contributed by atoms with Gasteiger partial charge in [0.2, 0.25) is 10.0 Å². The molecule has 1 aromatic carbocycles. The molecule has 1 aromatic rings. The quantitative estimate of drug-likeness (QED) is 0.846. The summed E-state index contributed by atoms with van der Waals surface area (Å²) in [7, 11) is -3.73. The lowest BCUT2D eigenvalue weighted by molar-refractivity contribution is 0.0935. The maximum atomic E-state index is 13.6. The molecule has 0 spiro atoms. The summed E-state index contributed by atoms with van der Waals surface area (Å²) in [6.45, 7) is 6.63. The van der Waals surface area contributed by atoms with E-state index in [2.05, 4.69) is 4.72 Å². The number of carbonyl (C=O) groups excluding carboxylic acids is 1. The lowest BCUT2D eigenvalue weighted by Crippen LogP contribution is -2.30. The van der Waals surface area contributed by atoms with Crippen LogP contribution in [-0.2, 0) is 10.0 Å². The topological polar surface area (TPSA) is 63.2 Å². The van der Waals surface area contributed by atoms with Crippen molar-refractivity contribution in [1.29, 1.82) is 0 Å². The van der Waals surface area contributed by atoms with Crippen LogP contribution in [0.3, 0.4) is 0 Å². The average Bonchev–Trinajstić information content (AvgIpc) is 2.26. The molecular formula is C13H18FNO3S. The minimum atomic E-state index is -3.73. The maximum absolute atomic E-state index is 13.6. The van der Waals surface area contributed by atoms with E-state index in [4.69, 9.17) is 0 Å². The first-order valence-electron chi connectivity index (χ1n) is 6.01. The Morgan fingerprint density at radius 2 is 1.79 bits per heavy atom. The van der Waals surface area contributed by atoms with Gasteiger partial charge in [0.15, 0.2) is 5.78 Å². The first kappa shape index (κ1) is 15.8. The van der Waals surface area contributed by atoms with Gasteiger partial charge in [0.25, 0.3) is 0 Å². The van der Waals surface area contributed by atoms with Crippen LogP contribution in [-0.4, -0.2) is 20.2 Å². The lowest BCUT2D eigenvalue weighted by atomic mass is 10.0. The fourth-order valence-electron chi connectivity index (χ4n) is 1.55. The summed E-state index contributed by atoms with van der Waals surface area (Å²) >= 11 is 0. The number of sulfonamides is 1. The van der Waals surface area contributed by atoms with Crippen LogP contribution >= 0.6 is 0 Å². The van der Waals surface area contributed by atoms with E-state index < -0.39 is 27.5 Å². The molecular weight excluding hydrogens is 269 g/mol. The van der Waals surface area contributed by atoms with Crippen LogP contribution < -0.4 is 4.72 Å². The third-order valence-corrected chi connectivity index (χ3v) is 4.09. The van der Waals surface area contributed by atoms with Crippen molar-refractivity contribution in [2.75, 3.05) is 0 Å². The van der Waals surface area contributed by atoms with Crippen molar-refractivity contribution < 1.29 is 17.6 Å². The second-order valence-electron chi connectivity index (χ2n) is 4.94. The molecule has 6 heteroatoms. The molecule has 0 aliphatic carbocycles. The van der Waals surface area contributed by atoms with Gasteiger partial charge in [-0.15, -0.1) is 0 Å². The fourth-order valence-corrected chi connectivity index (χ4v) is 2.83. The zero-order chi connectivity index (χ0) is 14.8. The van der Waals surface area contributed by atoms with Crippen LogP contribution in [0, 0.1) is 11.7 Å². The van der Waals surface area contributed by atoms with Crippen LogP contribution in [0.1, 0.15) is 38.1 Å². The number of ketones is 1. The number of hydrogen-bond donors (Lipinski definition) is 1. The minimum Gasteiger partial charge on any atom is -0.294 e. The second kappa shape index (κ2) is 5.79. The van der Waals surface area contributed by atoms with Crippen LogP contribution in [0.5, 0.6) is 0 Å². The van der Waals surface area contributed by atoms with Crippen LogP contribution in [0.15, 0.2) is 23.1 Å². The highest BCUT2D eigenvalue weighted by atomic mass is 32.2. The van der Waals surface area contributed by atoms with E-state index in [1.54, 1.807) is 27.7 Å². The van der Waals surface area contributed by atoms with Gasteiger partial charge in [-0.3, -0.25) is 4.79 Å². The smallest absolute Gasteiger partial charge is 0.240 e. The molecule has 0 fully saturated rings. The molecule has 4 nitrogen and oxygen atoms in total. The van der Waals surface area contributed by atoms with Gasteiger partial charge in [-0.2, -0.15) is 0 Å². The summed E-state index contributed by atoms with van der Waals surface area (Å²) in [5, 5.41) is 0. The molecule has 1 rings (SSSR count). The number of carbonyl (C=O) groups is 1. The Morgan fingerprint density at radius 3 is 2.26 bits per heavy atom. The van der Waals surface area contributed by atoms with Crippen molar-refractivity contribution in [1.82, 2.24) is 4.72 Å². The molecule has 0 aliphatic heterocycles. The van der Waals surface area contributed by atoms with Gasteiger partial charge in [0.1, 0.15) is 5.82 Å². The van der Waals surface area contributed by atoms with Crippen molar-refractivity contribution in [3.05, 3.63) is 29.6 Å². The molecule has 0 saturated carbocycles. The SMILES string of the molecule is CC(C)NS(=O)(=O)c1ccc(F)c(C(=O)C(C)C)c1. The third kappa shape index (κ3) is 3.84. The zero-order valence-corrected chi connectivity index (χ0v) is 12.2. The predicted molar refractivity (Wildman–Crippen MR) is 71.0 cm³/mol. The predicted octanol–water partition coefficient (Wildman–Crippen LogP) is 2.35. The van der Waals surface area contributed by atoms with Crippen LogP contribution in [0.4, 0.5) is 4.39 Å². The Morgan fingerprint density at radius 1 is 1.21 bits per heavy atom. The van der Waals surface area contributed by atoms with E-state index >= 15 is 0 Å². The number of Topliss-reactive ketones (excluding diaryl/α,β-unsaturated/α-hetero) is 1. The van der Waals surface area contributed by atoms with Crippen LogP contribution in [0.2, 0.25) is 0 Å².